The maximum Gasteiger partial charge on any atom is 0.457 e. The first-order valence-corrected chi connectivity index (χ1v) is 12.9. The molecule has 0 aliphatic carbocycles. The fourth-order valence-corrected chi connectivity index (χ4v) is 4.81. The number of amides is 2. The molecule has 5 nitrogen and oxygen atoms in total. The van der Waals surface area contributed by atoms with Gasteiger partial charge in [0.2, 0.25) is 0 Å². The molecule has 0 radical (unpaired) electrons. The van der Waals surface area contributed by atoms with Gasteiger partial charge in [0, 0.05) is 22.4 Å². The van der Waals surface area contributed by atoms with E-state index < -0.39 is 91.5 Å². The number of hydrogen-bond acceptors (Lipinski definition) is 3. The smallest absolute Gasteiger partial charge is 0.320 e. The molecule has 0 aliphatic rings. The largest absolute Gasteiger partial charge is 0.457 e. The van der Waals surface area contributed by atoms with Crippen LogP contribution in [0.3, 0.4) is 0 Å². The average Bonchev–Trinajstić information content (AvgIpc) is 2.91. The van der Waals surface area contributed by atoms with Gasteiger partial charge >= 0.3 is 30.1 Å². The number of carbonyl (C=O) groups excluding carboxylic acids is 2. The molecule has 1 heterocycles. The molecule has 1 unspecified atom stereocenters. The molecule has 2 amide bonds. The van der Waals surface area contributed by atoms with Crippen LogP contribution in [0.15, 0.2) is 48.7 Å². The molecular weight excluding hydrogens is 784 g/mol. The lowest BCUT2D eigenvalue weighted by atomic mass is 9.86. The number of alkyl halides is 12. The van der Waals surface area contributed by atoms with Crippen molar-refractivity contribution in [1.29, 1.82) is 0 Å². The average molecular weight is 796 g/mol. The Morgan fingerprint density at radius 3 is 1.96 bits per heavy atom. The Bertz CT molecular complexity index is 1640. The van der Waals surface area contributed by atoms with Crippen molar-refractivity contribution >= 4 is 57.4 Å². The van der Waals surface area contributed by atoms with E-state index in [0.717, 1.165) is 41.8 Å². The number of nitrogens with zero attached hydrogens (tertiary/aromatic N) is 2. The molecule has 1 N–H and O–H groups in total. The number of hydrogen-bond donors (Lipinski definition) is 1. The van der Waals surface area contributed by atoms with Crippen molar-refractivity contribution in [2.24, 2.45) is 0 Å². The standard InChI is InChI=1S/C25H12ClF13IN3O2/c1-43(20(45)12-5-3-7-41-18(12)26)15-6-2-4-11(16(15)27)19(44)42-17-13(22(29,30)31)8-10(9-14(17)40)21(28,24(34,35)36)23(32,33)25(37,38)39/h2-9H,1H3,(H,42,44). The highest BCUT2D eigenvalue weighted by molar-refractivity contribution is 14.1. The summed E-state index contributed by atoms with van der Waals surface area (Å²) in [6.45, 7) is 0. The third-order valence-corrected chi connectivity index (χ3v) is 7.24. The Hall–Kier alpha value is -3.36. The lowest BCUT2D eigenvalue weighted by molar-refractivity contribution is -0.389. The number of halogens is 15. The second-order valence-corrected chi connectivity index (χ2v) is 10.4. The first kappa shape index (κ1) is 36.1. The summed E-state index contributed by atoms with van der Waals surface area (Å²) in [4.78, 5) is 30.0. The van der Waals surface area contributed by atoms with Crippen LogP contribution in [0.4, 0.5) is 68.5 Å². The van der Waals surface area contributed by atoms with E-state index in [-0.39, 0.29) is 10.7 Å². The van der Waals surface area contributed by atoms with Gasteiger partial charge in [0.05, 0.1) is 28.1 Å². The Morgan fingerprint density at radius 2 is 1.44 bits per heavy atom. The van der Waals surface area contributed by atoms with Crippen LogP contribution >= 0.6 is 34.2 Å². The van der Waals surface area contributed by atoms with Gasteiger partial charge in [0.1, 0.15) is 5.15 Å². The highest BCUT2D eigenvalue weighted by Crippen LogP contribution is 2.59. The summed E-state index contributed by atoms with van der Waals surface area (Å²) >= 11 is 6.57. The molecule has 244 valence electrons. The van der Waals surface area contributed by atoms with Crippen molar-refractivity contribution in [3.63, 3.8) is 0 Å². The minimum Gasteiger partial charge on any atom is -0.320 e. The number of aromatic nitrogens is 1. The van der Waals surface area contributed by atoms with Crippen LogP contribution in [-0.2, 0) is 11.8 Å². The summed E-state index contributed by atoms with van der Waals surface area (Å²) in [6, 6.07) is 3.79. The van der Waals surface area contributed by atoms with Crippen LogP contribution in [0.2, 0.25) is 5.15 Å². The Balaban J connectivity index is 2.13. The Labute approximate surface area is 261 Å². The van der Waals surface area contributed by atoms with Gasteiger partial charge in [-0.1, -0.05) is 17.7 Å². The molecule has 3 aromatic rings. The van der Waals surface area contributed by atoms with E-state index in [4.69, 9.17) is 11.6 Å². The van der Waals surface area contributed by atoms with Crippen LogP contribution in [0.5, 0.6) is 0 Å². The quantitative estimate of drug-likeness (QED) is 0.154. The minimum atomic E-state index is -7.28. The maximum atomic E-state index is 15.4. The Morgan fingerprint density at radius 1 is 0.867 bits per heavy atom. The molecule has 2 aromatic carbocycles. The summed E-state index contributed by atoms with van der Waals surface area (Å²) < 4.78 is 178. The summed E-state index contributed by atoms with van der Waals surface area (Å²) in [5.41, 5.74) is -15.4. The molecular formula is C25H12ClF13IN3O2. The van der Waals surface area contributed by atoms with Crippen molar-refractivity contribution in [3.05, 3.63) is 85.5 Å². The van der Waals surface area contributed by atoms with Crippen molar-refractivity contribution in [1.82, 2.24) is 4.98 Å². The van der Waals surface area contributed by atoms with Gasteiger partial charge in [-0.15, -0.1) is 0 Å². The number of anilines is 2. The number of pyridine rings is 1. The first-order chi connectivity index (χ1) is 20.4. The number of carbonyl (C=O) groups is 2. The van der Waals surface area contributed by atoms with E-state index in [1.165, 1.54) is 23.6 Å². The molecule has 1 atom stereocenters. The summed E-state index contributed by atoms with van der Waals surface area (Å²) in [5, 5.41) is 1.22. The Kier molecular flexibility index (Phi) is 9.71. The van der Waals surface area contributed by atoms with Crippen LogP contribution in [-0.4, -0.2) is 42.1 Å². The van der Waals surface area contributed by atoms with E-state index in [9.17, 15) is 62.3 Å². The number of rotatable bonds is 6. The monoisotopic (exact) mass is 795 g/mol. The van der Waals surface area contributed by atoms with Gasteiger partial charge in [-0.3, -0.25) is 9.59 Å². The third-order valence-electron chi connectivity index (χ3n) is 6.09. The van der Waals surface area contributed by atoms with Gasteiger partial charge in [0.25, 0.3) is 11.8 Å². The molecule has 20 heteroatoms. The molecule has 0 saturated heterocycles. The van der Waals surface area contributed by atoms with Gasteiger partial charge in [-0.05, 0) is 59.0 Å². The second kappa shape index (κ2) is 12.1. The van der Waals surface area contributed by atoms with E-state index in [0.29, 0.717) is 11.0 Å². The second-order valence-electron chi connectivity index (χ2n) is 8.91. The van der Waals surface area contributed by atoms with Crippen molar-refractivity contribution < 1.29 is 66.7 Å². The predicted octanol–water partition coefficient (Wildman–Crippen LogP) is 8.95. The van der Waals surface area contributed by atoms with E-state index in [1.807, 2.05) is 0 Å². The van der Waals surface area contributed by atoms with Crippen molar-refractivity contribution in [2.75, 3.05) is 17.3 Å². The van der Waals surface area contributed by atoms with Crippen molar-refractivity contribution in [3.8, 4) is 0 Å². The zero-order valence-electron chi connectivity index (χ0n) is 21.5. The fourth-order valence-electron chi connectivity index (χ4n) is 3.85. The van der Waals surface area contributed by atoms with Gasteiger partial charge in [-0.25, -0.2) is 13.8 Å². The third kappa shape index (κ3) is 6.50. The van der Waals surface area contributed by atoms with Crippen LogP contribution < -0.4 is 10.2 Å². The number of benzene rings is 2. The molecule has 3 rings (SSSR count). The highest BCUT2D eigenvalue weighted by Gasteiger charge is 2.82. The minimum absolute atomic E-state index is 0.223. The van der Waals surface area contributed by atoms with Crippen LogP contribution in [0.1, 0.15) is 31.8 Å². The predicted molar refractivity (Wildman–Crippen MR) is 140 cm³/mol. The van der Waals surface area contributed by atoms with Gasteiger partial charge in [-0.2, -0.15) is 48.3 Å². The SMILES string of the molecule is CN(C(=O)c1cccnc1Cl)c1cccc(C(=O)Nc2c(I)cc(C(F)(C(F)(F)F)C(F)(F)C(F)(F)F)cc2C(F)(F)F)c1F. The van der Waals surface area contributed by atoms with E-state index in [1.54, 1.807) is 0 Å². The van der Waals surface area contributed by atoms with Gasteiger partial charge < -0.3 is 10.2 Å². The topological polar surface area (TPSA) is 62.3 Å². The van der Waals surface area contributed by atoms with Crippen molar-refractivity contribution in [2.45, 2.75) is 30.1 Å². The normalized spacial score (nSPS) is 14.1. The summed E-state index contributed by atoms with van der Waals surface area (Å²) in [5.74, 6) is -11.5. The van der Waals surface area contributed by atoms with E-state index >= 15 is 4.39 Å². The fraction of sp³-hybridized carbons (Fsp3) is 0.240. The lowest BCUT2D eigenvalue weighted by Gasteiger charge is -2.36. The maximum absolute atomic E-state index is 15.4. The van der Waals surface area contributed by atoms with Crippen LogP contribution in [0.25, 0.3) is 0 Å². The molecule has 45 heavy (non-hydrogen) atoms. The number of nitrogens with one attached hydrogen (secondary N) is 1. The molecule has 0 bridgehead atoms. The van der Waals surface area contributed by atoms with E-state index in [2.05, 4.69) is 4.98 Å². The zero-order valence-corrected chi connectivity index (χ0v) is 24.4. The molecule has 0 saturated carbocycles. The zero-order chi connectivity index (χ0) is 34.5. The summed E-state index contributed by atoms with van der Waals surface area (Å²) in [7, 11) is 1.02. The molecule has 0 fully saturated rings. The first-order valence-electron chi connectivity index (χ1n) is 11.5. The highest BCUT2D eigenvalue weighted by atomic mass is 127. The molecule has 0 spiro atoms. The molecule has 1 aromatic heterocycles. The van der Waals surface area contributed by atoms with Gasteiger partial charge in [0.15, 0.2) is 5.82 Å². The molecule has 0 aliphatic heterocycles. The van der Waals surface area contributed by atoms with Crippen LogP contribution in [0, 0.1) is 9.39 Å². The lowest BCUT2D eigenvalue weighted by Crippen LogP contribution is -2.59. The summed E-state index contributed by atoms with van der Waals surface area (Å²) in [6.07, 6.45) is -19.0.